The van der Waals surface area contributed by atoms with E-state index in [9.17, 15) is 4.79 Å². The van der Waals surface area contributed by atoms with Crippen LogP contribution in [0.3, 0.4) is 0 Å². The van der Waals surface area contributed by atoms with Crippen LogP contribution in [-0.4, -0.2) is 15.9 Å². The van der Waals surface area contributed by atoms with Gasteiger partial charge < -0.3 is 5.11 Å². The second-order valence-electron chi connectivity index (χ2n) is 4.30. The summed E-state index contributed by atoms with van der Waals surface area (Å²) in [5, 5.41) is 8.65. The van der Waals surface area contributed by atoms with Crippen LogP contribution in [0.5, 0.6) is 0 Å². The first-order valence-corrected chi connectivity index (χ1v) is 6.35. The number of alkyl halides is 1. The molecule has 1 aromatic carbocycles. The lowest BCUT2D eigenvalue weighted by molar-refractivity contribution is -0.136. The summed E-state index contributed by atoms with van der Waals surface area (Å²) in [5.74, 6) is -0.228. The van der Waals surface area contributed by atoms with E-state index in [1.807, 2.05) is 0 Å². The van der Waals surface area contributed by atoms with Gasteiger partial charge in [-0.25, -0.2) is 0 Å². The van der Waals surface area contributed by atoms with Crippen molar-refractivity contribution in [2.75, 3.05) is 0 Å². The van der Waals surface area contributed by atoms with E-state index in [1.54, 1.807) is 0 Å². The molecule has 0 saturated heterocycles. The van der Waals surface area contributed by atoms with Crippen molar-refractivity contribution in [1.82, 2.24) is 0 Å². The van der Waals surface area contributed by atoms with E-state index < -0.39 is 5.97 Å². The lowest BCUT2D eigenvalue weighted by Crippen LogP contribution is -2.09. The van der Waals surface area contributed by atoms with Crippen LogP contribution in [0, 0.1) is 0 Å². The van der Waals surface area contributed by atoms with Crippen molar-refractivity contribution < 1.29 is 9.90 Å². The van der Waals surface area contributed by atoms with E-state index in [4.69, 9.17) is 5.11 Å². The molecule has 0 aromatic heterocycles. The smallest absolute Gasteiger partial charge is 0.304 e. The Labute approximate surface area is 105 Å². The molecular weight excluding hydrogens is 268 g/mol. The van der Waals surface area contributed by atoms with Crippen molar-refractivity contribution in [3.05, 3.63) is 35.4 Å². The fraction of sp³-hybridized carbons (Fsp3) is 0.462. The van der Waals surface area contributed by atoms with E-state index >= 15 is 0 Å². The second-order valence-corrected chi connectivity index (χ2v) is 5.59. The van der Waals surface area contributed by atoms with Crippen LogP contribution in [0.4, 0.5) is 0 Å². The molecule has 0 radical (unpaired) electrons. The van der Waals surface area contributed by atoms with Crippen LogP contribution in [-0.2, 0) is 11.2 Å². The number of carboxylic acid groups (broad SMARTS) is 1. The monoisotopic (exact) mass is 284 g/mol. The molecule has 1 rings (SSSR count). The highest BCUT2D eigenvalue weighted by Crippen LogP contribution is 2.18. The molecule has 3 heteroatoms. The number of halogens is 1. The Bertz CT molecular complexity index is 343. The zero-order chi connectivity index (χ0) is 12.1. The van der Waals surface area contributed by atoms with Gasteiger partial charge in [-0.1, -0.05) is 54.0 Å². The topological polar surface area (TPSA) is 37.3 Å². The van der Waals surface area contributed by atoms with Crippen LogP contribution in [0.25, 0.3) is 0 Å². The number of benzene rings is 1. The molecular formula is C13H17BrO2. The van der Waals surface area contributed by atoms with E-state index in [-0.39, 0.29) is 11.2 Å². The van der Waals surface area contributed by atoms with Gasteiger partial charge in [0.25, 0.3) is 0 Å². The zero-order valence-corrected chi connectivity index (χ0v) is 11.2. The van der Waals surface area contributed by atoms with Crippen molar-refractivity contribution in [1.29, 1.82) is 0 Å². The van der Waals surface area contributed by atoms with E-state index in [0.29, 0.717) is 5.92 Å². The first-order valence-electron chi connectivity index (χ1n) is 5.43. The van der Waals surface area contributed by atoms with E-state index in [1.165, 1.54) is 11.1 Å². The van der Waals surface area contributed by atoms with Crippen molar-refractivity contribution in [2.24, 2.45) is 0 Å². The third-order valence-electron chi connectivity index (χ3n) is 2.50. The normalized spacial score (nSPS) is 12.8. The van der Waals surface area contributed by atoms with Crippen molar-refractivity contribution in [3.63, 3.8) is 0 Å². The Morgan fingerprint density at radius 1 is 1.31 bits per heavy atom. The van der Waals surface area contributed by atoms with Crippen molar-refractivity contribution in [3.8, 4) is 0 Å². The lowest BCUT2D eigenvalue weighted by Gasteiger charge is -2.09. The molecule has 16 heavy (non-hydrogen) atoms. The molecule has 1 unspecified atom stereocenters. The van der Waals surface area contributed by atoms with Gasteiger partial charge in [-0.05, 0) is 23.5 Å². The van der Waals surface area contributed by atoms with Crippen LogP contribution < -0.4 is 0 Å². The highest BCUT2D eigenvalue weighted by molar-refractivity contribution is 9.09. The maximum atomic E-state index is 10.5. The Kier molecular flexibility index (Phi) is 5.00. The standard InChI is InChI=1S/C13H17BrO2/c1-9(2)11-5-3-10(4-6-11)7-12(14)8-13(15)16/h3-6,9,12H,7-8H2,1-2H3,(H,15,16). The number of hydrogen-bond donors (Lipinski definition) is 1. The molecule has 1 atom stereocenters. The molecule has 0 heterocycles. The van der Waals surface area contributed by atoms with Gasteiger partial charge in [-0.3, -0.25) is 4.79 Å². The summed E-state index contributed by atoms with van der Waals surface area (Å²) >= 11 is 3.38. The Balaban J connectivity index is 2.58. The van der Waals surface area contributed by atoms with Gasteiger partial charge in [-0.2, -0.15) is 0 Å². The first kappa shape index (κ1) is 13.2. The molecule has 0 amide bonds. The summed E-state index contributed by atoms with van der Waals surface area (Å²) in [7, 11) is 0. The number of rotatable bonds is 5. The van der Waals surface area contributed by atoms with Gasteiger partial charge in [0.2, 0.25) is 0 Å². The second kappa shape index (κ2) is 6.04. The van der Waals surface area contributed by atoms with Gasteiger partial charge in [0.05, 0.1) is 6.42 Å². The summed E-state index contributed by atoms with van der Waals surface area (Å²) < 4.78 is 0. The summed E-state index contributed by atoms with van der Waals surface area (Å²) in [4.78, 5) is 10.5. The summed E-state index contributed by atoms with van der Waals surface area (Å²) in [6, 6.07) is 8.37. The molecule has 0 saturated carbocycles. The predicted octanol–water partition coefficient (Wildman–Crippen LogP) is 3.59. The average molecular weight is 285 g/mol. The largest absolute Gasteiger partial charge is 0.481 e. The van der Waals surface area contributed by atoms with Gasteiger partial charge in [-0.15, -0.1) is 0 Å². The first-order chi connectivity index (χ1) is 7.49. The third-order valence-corrected chi connectivity index (χ3v) is 3.15. The molecule has 0 spiro atoms. The molecule has 0 aliphatic carbocycles. The fourth-order valence-electron chi connectivity index (χ4n) is 1.56. The highest BCUT2D eigenvalue weighted by Gasteiger charge is 2.10. The highest BCUT2D eigenvalue weighted by atomic mass is 79.9. The van der Waals surface area contributed by atoms with Gasteiger partial charge in [0, 0.05) is 4.83 Å². The van der Waals surface area contributed by atoms with E-state index in [0.717, 1.165) is 6.42 Å². The predicted molar refractivity (Wildman–Crippen MR) is 69.2 cm³/mol. The Hall–Kier alpha value is -0.830. The maximum absolute atomic E-state index is 10.5. The van der Waals surface area contributed by atoms with Crippen LogP contribution >= 0.6 is 15.9 Å². The molecule has 0 fully saturated rings. The minimum absolute atomic E-state index is 0.00917. The lowest BCUT2D eigenvalue weighted by atomic mass is 10.00. The average Bonchev–Trinajstić information content (AvgIpc) is 2.16. The quantitative estimate of drug-likeness (QED) is 0.839. The number of hydrogen-bond acceptors (Lipinski definition) is 1. The molecule has 1 N–H and O–H groups in total. The molecule has 2 nitrogen and oxygen atoms in total. The third kappa shape index (κ3) is 4.35. The van der Waals surface area contributed by atoms with Crippen LogP contribution in [0.15, 0.2) is 24.3 Å². The zero-order valence-electron chi connectivity index (χ0n) is 9.61. The Morgan fingerprint density at radius 3 is 2.31 bits per heavy atom. The van der Waals surface area contributed by atoms with Gasteiger partial charge in [0.15, 0.2) is 0 Å². The fourth-order valence-corrected chi connectivity index (χ4v) is 2.21. The maximum Gasteiger partial charge on any atom is 0.304 e. The summed E-state index contributed by atoms with van der Waals surface area (Å²) in [6.07, 6.45) is 0.913. The minimum Gasteiger partial charge on any atom is -0.481 e. The molecule has 1 aromatic rings. The van der Waals surface area contributed by atoms with Crippen molar-refractivity contribution >= 4 is 21.9 Å². The number of carbonyl (C=O) groups is 1. The summed E-state index contributed by atoms with van der Waals surface area (Å²) in [5.41, 5.74) is 2.49. The van der Waals surface area contributed by atoms with Gasteiger partial charge >= 0.3 is 5.97 Å². The SMILES string of the molecule is CC(C)c1ccc(CC(Br)CC(=O)O)cc1. The Morgan fingerprint density at radius 2 is 1.88 bits per heavy atom. The molecule has 0 bridgehead atoms. The molecule has 88 valence electrons. The molecule has 0 aliphatic heterocycles. The van der Waals surface area contributed by atoms with Crippen LogP contribution in [0.1, 0.15) is 37.3 Å². The molecule has 0 aliphatic rings. The van der Waals surface area contributed by atoms with Crippen molar-refractivity contribution in [2.45, 2.75) is 37.4 Å². The van der Waals surface area contributed by atoms with Crippen LogP contribution in [0.2, 0.25) is 0 Å². The van der Waals surface area contributed by atoms with Gasteiger partial charge in [0.1, 0.15) is 0 Å². The minimum atomic E-state index is -0.763. The number of aliphatic carboxylic acids is 1. The summed E-state index contributed by atoms with van der Waals surface area (Å²) in [6.45, 7) is 4.32. The number of carboxylic acids is 1. The van der Waals surface area contributed by atoms with E-state index in [2.05, 4.69) is 54.0 Å².